The van der Waals surface area contributed by atoms with Gasteiger partial charge in [-0.2, -0.15) is 0 Å². The van der Waals surface area contributed by atoms with Gasteiger partial charge in [-0.25, -0.2) is 9.97 Å². The van der Waals surface area contributed by atoms with Crippen molar-refractivity contribution in [3.8, 4) is 11.5 Å². The fraction of sp³-hybridized carbons (Fsp3) is 0.529. The first kappa shape index (κ1) is 16.0. The molecule has 0 spiro atoms. The molecule has 1 aliphatic rings. The third-order valence-electron chi connectivity index (χ3n) is 4.07. The molecule has 3 rings (SSSR count). The van der Waals surface area contributed by atoms with E-state index >= 15 is 0 Å². The number of benzene rings is 1. The summed E-state index contributed by atoms with van der Waals surface area (Å²) < 4.78 is 17.1. The van der Waals surface area contributed by atoms with Crippen molar-refractivity contribution in [1.29, 1.82) is 0 Å². The predicted octanol–water partition coefficient (Wildman–Crippen LogP) is 2.13. The molecule has 0 saturated carbocycles. The molecule has 0 N–H and O–H groups in total. The van der Waals surface area contributed by atoms with Gasteiger partial charge in [0.25, 0.3) is 0 Å². The zero-order valence-corrected chi connectivity index (χ0v) is 13.7. The first-order valence-electron chi connectivity index (χ1n) is 7.97. The first-order valence-corrected chi connectivity index (χ1v) is 7.97. The largest absolute Gasteiger partial charge is 0.487 e. The normalized spacial score (nSPS) is 16.6. The molecule has 6 heteroatoms. The number of hydrogen-bond acceptors (Lipinski definition) is 6. The number of rotatable bonds is 6. The maximum Gasteiger partial charge on any atom is 0.163 e. The van der Waals surface area contributed by atoms with Crippen LogP contribution in [0.1, 0.15) is 12.8 Å². The third-order valence-corrected chi connectivity index (χ3v) is 4.07. The molecule has 23 heavy (non-hydrogen) atoms. The molecule has 0 unspecified atom stereocenters. The second-order valence-corrected chi connectivity index (χ2v) is 5.84. The van der Waals surface area contributed by atoms with E-state index < -0.39 is 0 Å². The Morgan fingerprint density at radius 2 is 2.00 bits per heavy atom. The fourth-order valence-corrected chi connectivity index (χ4v) is 2.71. The van der Waals surface area contributed by atoms with Crippen LogP contribution in [0.2, 0.25) is 0 Å². The number of aromatic nitrogens is 2. The van der Waals surface area contributed by atoms with Crippen molar-refractivity contribution in [2.45, 2.75) is 18.9 Å². The Kier molecular flexibility index (Phi) is 5.25. The van der Waals surface area contributed by atoms with Gasteiger partial charge in [0.05, 0.1) is 12.1 Å². The van der Waals surface area contributed by atoms with Gasteiger partial charge in [0.2, 0.25) is 0 Å². The summed E-state index contributed by atoms with van der Waals surface area (Å²) in [5.74, 6) is 1.48. The second-order valence-electron chi connectivity index (χ2n) is 5.84. The molecular weight excluding hydrogens is 294 g/mol. The van der Waals surface area contributed by atoms with E-state index in [-0.39, 0.29) is 6.10 Å². The quantitative estimate of drug-likeness (QED) is 0.761. The third kappa shape index (κ3) is 4.09. The molecule has 1 aliphatic heterocycles. The lowest BCUT2D eigenvalue weighted by Crippen LogP contribution is -2.35. The average molecular weight is 317 g/mol. The summed E-state index contributed by atoms with van der Waals surface area (Å²) >= 11 is 0. The van der Waals surface area contributed by atoms with E-state index in [1.807, 2.05) is 12.1 Å². The Balaban J connectivity index is 1.81. The smallest absolute Gasteiger partial charge is 0.163 e. The van der Waals surface area contributed by atoms with Gasteiger partial charge in [0.1, 0.15) is 19.0 Å². The highest BCUT2D eigenvalue weighted by Crippen LogP contribution is 2.33. The van der Waals surface area contributed by atoms with E-state index in [9.17, 15) is 0 Å². The van der Waals surface area contributed by atoms with Crippen molar-refractivity contribution in [1.82, 2.24) is 14.9 Å². The lowest BCUT2D eigenvalue weighted by molar-refractivity contribution is 0.105. The van der Waals surface area contributed by atoms with Gasteiger partial charge in [-0.05, 0) is 26.0 Å². The van der Waals surface area contributed by atoms with Gasteiger partial charge < -0.3 is 19.1 Å². The molecule has 1 aromatic heterocycles. The number of nitrogens with zero attached hydrogens (tertiary/aromatic N) is 3. The lowest BCUT2D eigenvalue weighted by Gasteiger charge is -2.29. The minimum Gasteiger partial charge on any atom is -0.487 e. The van der Waals surface area contributed by atoms with E-state index in [1.54, 1.807) is 19.6 Å². The molecule has 0 amide bonds. The molecule has 0 aliphatic carbocycles. The molecule has 6 nitrogen and oxygen atoms in total. The maximum atomic E-state index is 6.23. The van der Waals surface area contributed by atoms with Crippen LogP contribution < -0.4 is 9.47 Å². The van der Waals surface area contributed by atoms with Crippen LogP contribution in [0, 0.1) is 0 Å². The molecule has 1 saturated heterocycles. The maximum absolute atomic E-state index is 6.23. The monoisotopic (exact) mass is 317 g/mol. The van der Waals surface area contributed by atoms with Crippen LogP contribution in [0.5, 0.6) is 11.5 Å². The summed E-state index contributed by atoms with van der Waals surface area (Å²) in [5.41, 5.74) is 0.850. The van der Waals surface area contributed by atoms with Gasteiger partial charge in [0, 0.05) is 37.8 Å². The number of likely N-dealkylation sites (tertiary alicyclic amines) is 1. The van der Waals surface area contributed by atoms with Crippen LogP contribution in [-0.2, 0) is 4.74 Å². The van der Waals surface area contributed by atoms with E-state index in [1.165, 1.54) is 0 Å². The van der Waals surface area contributed by atoms with Gasteiger partial charge in [0.15, 0.2) is 11.5 Å². The molecular formula is C17H23N3O3. The fourth-order valence-electron chi connectivity index (χ4n) is 2.71. The zero-order chi connectivity index (χ0) is 16.1. The Morgan fingerprint density at radius 3 is 2.78 bits per heavy atom. The van der Waals surface area contributed by atoms with Crippen LogP contribution in [0.15, 0.2) is 24.7 Å². The minimum atomic E-state index is 0.220. The van der Waals surface area contributed by atoms with Crippen LogP contribution in [0.4, 0.5) is 0 Å². The molecule has 124 valence electrons. The summed E-state index contributed by atoms with van der Waals surface area (Å²) in [6, 6.07) is 3.88. The molecule has 0 atom stereocenters. The van der Waals surface area contributed by atoms with E-state index in [4.69, 9.17) is 14.2 Å². The topological polar surface area (TPSA) is 56.7 Å². The number of hydrogen-bond donors (Lipinski definition) is 0. The van der Waals surface area contributed by atoms with Crippen molar-refractivity contribution in [2.24, 2.45) is 0 Å². The second kappa shape index (κ2) is 7.57. The van der Waals surface area contributed by atoms with E-state index in [2.05, 4.69) is 21.9 Å². The highest BCUT2D eigenvalue weighted by Gasteiger charge is 2.20. The number of ether oxygens (including phenoxy) is 3. The highest BCUT2D eigenvalue weighted by atomic mass is 16.5. The molecule has 1 aromatic carbocycles. The van der Waals surface area contributed by atoms with Gasteiger partial charge >= 0.3 is 0 Å². The number of piperidine rings is 1. The Labute approximate surface area is 136 Å². The first-order chi connectivity index (χ1) is 11.3. The Morgan fingerprint density at radius 1 is 1.17 bits per heavy atom. The lowest BCUT2D eigenvalue weighted by atomic mass is 10.1. The van der Waals surface area contributed by atoms with Crippen LogP contribution in [-0.4, -0.2) is 61.4 Å². The summed E-state index contributed by atoms with van der Waals surface area (Å²) in [4.78, 5) is 10.7. The van der Waals surface area contributed by atoms with Crippen molar-refractivity contribution in [3.05, 3.63) is 24.7 Å². The van der Waals surface area contributed by atoms with Crippen molar-refractivity contribution in [2.75, 3.05) is 40.5 Å². The Hall–Kier alpha value is -1.92. The van der Waals surface area contributed by atoms with Crippen LogP contribution in [0.25, 0.3) is 10.9 Å². The summed E-state index contributed by atoms with van der Waals surface area (Å²) in [6.07, 6.45) is 5.61. The predicted molar refractivity (Wildman–Crippen MR) is 88.1 cm³/mol. The number of methoxy groups -OCH3 is 1. The molecule has 0 bridgehead atoms. The number of fused-ring (bicyclic) bond motifs is 1. The molecule has 1 fully saturated rings. The van der Waals surface area contributed by atoms with E-state index in [0.29, 0.717) is 19.0 Å². The van der Waals surface area contributed by atoms with Crippen molar-refractivity contribution >= 4 is 10.9 Å². The minimum absolute atomic E-state index is 0.220. The Bertz CT molecular complexity index is 642. The summed E-state index contributed by atoms with van der Waals surface area (Å²) in [6.45, 7) is 3.13. The van der Waals surface area contributed by atoms with Crippen LogP contribution in [0.3, 0.4) is 0 Å². The molecule has 2 heterocycles. The standard InChI is InChI=1S/C17H23N3O3/c1-20-5-3-14(4-6-20)23-17-9-13-11-18-12-19-15(13)10-16(17)22-8-7-21-2/h9-12,14H,3-8H2,1-2H3. The zero-order valence-electron chi connectivity index (χ0n) is 13.7. The molecule has 0 radical (unpaired) electrons. The summed E-state index contributed by atoms with van der Waals surface area (Å²) in [5, 5.41) is 0.953. The molecule has 2 aromatic rings. The van der Waals surface area contributed by atoms with Gasteiger partial charge in [-0.3, -0.25) is 0 Å². The highest BCUT2D eigenvalue weighted by molar-refractivity contribution is 5.81. The van der Waals surface area contributed by atoms with Crippen molar-refractivity contribution < 1.29 is 14.2 Å². The van der Waals surface area contributed by atoms with Crippen molar-refractivity contribution in [3.63, 3.8) is 0 Å². The van der Waals surface area contributed by atoms with Gasteiger partial charge in [-0.15, -0.1) is 0 Å². The van der Waals surface area contributed by atoms with Gasteiger partial charge in [-0.1, -0.05) is 0 Å². The average Bonchev–Trinajstić information content (AvgIpc) is 2.57. The summed E-state index contributed by atoms with van der Waals surface area (Å²) in [7, 11) is 3.80. The van der Waals surface area contributed by atoms with Crippen LogP contribution >= 0.6 is 0 Å². The SMILES string of the molecule is COCCOc1cc2ncncc2cc1OC1CCN(C)CC1. The van der Waals surface area contributed by atoms with E-state index in [0.717, 1.165) is 42.6 Å².